The van der Waals surface area contributed by atoms with Gasteiger partial charge >= 0.3 is 0 Å². The first-order valence-electron chi connectivity index (χ1n) is 6.41. The van der Waals surface area contributed by atoms with E-state index in [-0.39, 0.29) is 6.04 Å². The summed E-state index contributed by atoms with van der Waals surface area (Å²) in [6.45, 7) is 6.58. The van der Waals surface area contributed by atoms with E-state index in [1.807, 2.05) is 32.0 Å². The lowest BCUT2D eigenvalue weighted by Gasteiger charge is -2.16. The average Bonchev–Trinajstić information content (AvgIpc) is 2.75. The number of ether oxygens (including phenoxy) is 1. The highest BCUT2D eigenvalue weighted by atomic mass is 16.5. The fraction of sp³-hybridized carbons (Fsp3) is 0.400. The van der Waals surface area contributed by atoms with Crippen molar-refractivity contribution in [2.24, 2.45) is 0 Å². The molecule has 1 unspecified atom stereocenters. The Balaban J connectivity index is 2.03. The number of para-hydroxylation sites is 1. The lowest BCUT2D eigenvalue weighted by Crippen LogP contribution is -2.18. The first kappa shape index (κ1) is 13.6. The maximum Gasteiger partial charge on any atom is 0.208 e. The van der Waals surface area contributed by atoms with E-state index in [1.54, 1.807) is 7.11 Å². The molecule has 1 aromatic heterocycles. The molecule has 4 heteroatoms. The van der Waals surface area contributed by atoms with Crippen molar-refractivity contribution in [3.63, 3.8) is 0 Å². The van der Waals surface area contributed by atoms with Crippen LogP contribution in [0.25, 0.3) is 0 Å². The van der Waals surface area contributed by atoms with Crippen LogP contribution in [0.1, 0.15) is 35.9 Å². The third-order valence-electron chi connectivity index (χ3n) is 3.24. The van der Waals surface area contributed by atoms with Gasteiger partial charge in [0.25, 0.3) is 0 Å². The van der Waals surface area contributed by atoms with Crippen LogP contribution in [0.3, 0.4) is 0 Å². The van der Waals surface area contributed by atoms with Crippen LogP contribution in [-0.4, -0.2) is 12.1 Å². The molecule has 0 spiro atoms. The Hall–Kier alpha value is -1.81. The summed E-state index contributed by atoms with van der Waals surface area (Å²) in [7, 11) is 1.69. The minimum Gasteiger partial charge on any atom is -0.496 e. The molecule has 0 fully saturated rings. The van der Waals surface area contributed by atoms with Gasteiger partial charge in [0.15, 0.2) is 0 Å². The number of methoxy groups -OCH3 is 1. The highest BCUT2D eigenvalue weighted by Crippen LogP contribution is 2.24. The number of nitrogens with one attached hydrogen (secondary N) is 1. The molecular formula is C15H20N2O2. The van der Waals surface area contributed by atoms with E-state index < -0.39 is 0 Å². The first-order chi connectivity index (χ1) is 9.11. The van der Waals surface area contributed by atoms with E-state index in [4.69, 9.17) is 9.15 Å². The van der Waals surface area contributed by atoms with Crippen molar-refractivity contribution in [2.75, 3.05) is 7.11 Å². The maximum absolute atomic E-state index is 5.55. The van der Waals surface area contributed by atoms with Gasteiger partial charge in [-0.2, -0.15) is 0 Å². The van der Waals surface area contributed by atoms with E-state index in [1.165, 1.54) is 0 Å². The molecule has 0 radical (unpaired) electrons. The molecule has 4 nitrogen and oxygen atoms in total. The van der Waals surface area contributed by atoms with Gasteiger partial charge in [-0.25, -0.2) is 4.98 Å². The van der Waals surface area contributed by atoms with Crippen LogP contribution in [0.4, 0.5) is 0 Å². The van der Waals surface area contributed by atoms with Crippen LogP contribution in [0, 0.1) is 13.8 Å². The highest BCUT2D eigenvalue weighted by molar-refractivity contribution is 5.35. The second kappa shape index (κ2) is 5.89. The predicted octanol–water partition coefficient (Wildman–Crippen LogP) is 3.15. The molecule has 0 saturated carbocycles. The van der Waals surface area contributed by atoms with Gasteiger partial charge in [0.05, 0.1) is 19.3 Å². The molecule has 0 bridgehead atoms. The minimum absolute atomic E-state index is 0.170. The zero-order chi connectivity index (χ0) is 13.8. The Kier molecular flexibility index (Phi) is 4.22. The van der Waals surface area contributed by atoms with Crippen molar-refractivity contribution in [1.29, 1.82) is 0 Å². The Morgan fingerprint density at radius 1 is 1.32 bits per heavy atom. The van der Waals surface area contributed by atoms with Gasteiger partial charge < -0.3 is 14.5 Å². The van der Waals surface area contributed by atoms with Crippen molar-refractivity contribution >= 4 is 0 Å². The lowest BCUT2D eigenvalue weighted by molar-refractivity contribution is 0.394. The second-order valence-corrected chi connectivity index (χ2v) is 4.59. The van der Waals surface area contributed by atoms with Gasteiger partial charge in [-0.1, -0.05) is 18.2 Å². The molecule has 0 amide bonds. The number of nitrogens with zero attached hydrogens (tertiary/aromatic N) is 1. The molecular weight excluding hydrogens is 240 g/mol. The third kappa shape index (κ3) is 3.15. The quantitative estimate of drug-likeness (QED) is 0.897. The fourth-order valence-corrected chi connectivity index (χ4v) is 1.99. The minimum atomic E-state index is 0.170. The van der Waals surface area contributed by atoms with Crippen LogP contribution in [-0.2, 0) is 6.54 Å². The van der Waals surface area contributed by atoms with Crippen LogP contribution < -0.4 is 10.1 Å². The molecule has 0 aliphatic carbocycles. The smallest absolute Gasteiger partial charge is 0.208 e. The number of hydrogen-bond acceptors (Lipinski definition) is 4. The number of hydrogen-bond donors (Lipinski definition) is 1. The van der Waals surface area contributed by atoms with Crippen molar-refractivity contribution < 1.29 is 9.15 Å². The van der Waals surface area contributed by atoms with Gasteiger partial charge in [0, 0.05) is 11.6 Å². The highest BCUT2D eigenvalue weighted by Gasteiger charge is 2.12. The summed E-state index contributed by atoms with van der Waals surface area (Å²) < 4.78 is 10.9. The van der Waals surface area contributed by atoms with Crippen molar-refractivity contribution in [3.8, 4) is 5.75 Å². The molecule has 1 N–H and O–H groups in total. The summed E-state index contributed by atoms with van der Waals surface area (Å²) in [5.74, 6) is 2.49. The number of rotatable bonds is 5. The Bertz CT molecular complexity index is 529. The number of aromatic nitrogens is 1. The molecule has 0 aliphatic heterocycles. The number of benzene rings is 1. The zero-order valence-electron chi connectivity index (χ0n) is 11.9. The summed E-state index contributed by atoms with van der Waals surface area (Å²) in [5.41, 5.74) is 2.08. The third-order valence-corrected chi connectivity index (χ3v) is 3.24. The van der Waals surface area contributed by atoms with Crippen LogP contribution in [0.5, 0.6) is 5.75 Å². The molecule has 19 heavy (non-hydrogen) atoms. The van der Waals surface area contributed by atoms with Gasteiger partial charge in [0.2, 0.25) is 5.89 Å². The molecule has 1 atom stereocenters. The van der Waals surface area contributed by atoms with Crippen molar-refractivity contribution in [1.82, 2.24) is 10.3 Å². The predicted molar refractivity (Wildman–Crippen MR) is 74.2 cm³/mol. The van der Waals surface area contributed by atoms with Crippen LogP contribution in [0.15, 0.2) is 28.7 Å². The first-order valence-corrected chi connectivity index (χ1v) is 6.41. The van der Waals surface area contributed by atoms with E-state index in [0.717, 1.165) is 28.7 Å². The largest absolute Gasteiger partial charge is 0.496 e. The zero-order valence-corrected chi connectivity index (χ0v) is 11.9. The molecule has 0 aliphatic rings. The summed E-state index contributed by atoms with van der Waals surface area (Å²) in [6.07, 6.45) is 0. The van der Waals surface area contributed by atoms with Crippen LogP contribution in [0.2, 0.25) is 0 Å². The van der Waals surface area contributed by atoms with Gasteiger partial charge in [-0.05, 0) is 26.8 Å². The summed E-state index contributed by atoms with van der Waals surface area (Å²) in [4.78, 5) is 4.36. The SMILES string of the molecule is COc1ccccc1C(C)NCc1nc(C)c(C)o1. The molecule has 1 aromatic carbocycles. The molecule has 1 heterocycles. The Morgan fingerprint density at radius 3 is 2.68 bits per heavy atom. The normalized spacial score (nSPS) is 12.4. The van der Waals surface area contributed by atoms with Gasteiger partial charge in [-0.15, -0.1) is 0 Å². The fourth-order valence-electron chi connectivity index (χ4n) is 1.99. The van der Waals surface area contributed by atoms with E-state index >= 15 is 0 Å². The molecule has 2 aromatic rings. The van der Waals surface area contributed by atoms with Crippen molar-refractivity contribution in [2.45, 2.75) is 33.4 Å². The Labute approximate surface area is 113 Å². The summed E-state index contributed by atoms with van der Waals surface area (Å²) in [5, 5.41) is 3.39. The Morgan fingerprint density at radius 2 is 2.05 bits per heavy atom. The summed E-state index contributed by atoms with van der Waals surface area (Å²) >= 11 is 0. The molecule has 102 valence electrons. The average molecular weight is 260 g/mol. The van der Waals surface area contributed by atoms with E-state index in [0.29, 0.717) is 6.54 Å². The number of oxazole rings is 1. The lowest BCUT2D eigenvalue weighted by atomic mass is 10.1. The summed E-state index contributed by atoms with van der Waals surface area (Å²) in [6, 6.07) is 8.17. The number of aryl methyl sites for hydroxylation is 2. The van der Waals surface area contributed by atoms with Gasteiger partial charge in [-0.3, -0.25) is 0 Å². The van der Waals surface area contributed by atoms with Crippen LogP contribution >= 0.6 is 0 Å². The molecule has 2 rings (SSSR count). The van der Waals surface area contributed by atoms with Gasteiger partial charge in [0.1, 0.15) is 11.5 Å². The maximum atomic E-state index is 5.55. The monoisotopic (exact) mass is 260 g/mol. The molecule has 0 saturated heterocycles. The standard InChI is InChI=1S/C15H20N2O2/c1-10-12(3)19-15(17-10)9-16-11(2)13-7-5-6-8-14(13)18-4/h5-8,11,16H,9H2,1-4H3. The van der Waals surface area contributed by atoms with E-state index in [2.05, 4.69) is 23.3 Å². The second-order valence-electron chi connectivity index (χ2n) is 4.59. The topological polar surface area (TPSA) is 47.3 Å². The van der Waals surface area contributed by atoms with E-state index in [9.17, 15) is 0 Å². The van der Waals surface area contributed by atoms with Crippen molar-refractivity contribution in [3.05, 3.63) is 47.2 Å².